The number of anilines is 1. The third-order valence-corrected chi connectivity index (χ3v) is 2.78. The molecule has 1 aromatic rings. The molecule has 1 saturated heterocycles. The van der Waals surface area contributed by atoms with Gasteiger partial charge >= 0.3 is 0 Å². The van der Waals surface area contributed by atoms with Crippen molar-refractivity contribution in [2.24, 2.45) is 0 Å². The zero-order chi connectivity index (χ0) is 10.7. The SMILES string of the molecule is CN1CCCC(Nc2ccnc(Cl)n2)C1. The lowest BCUT2D eigenvalue weighted by Crippen LogP contribution is -2.39. The quantitative estimate of drug-likeness (QED) is 0.779. The van der Waals surface area contributed by atoms with E-state index >= 15 is 0 Å². The lowest BCUT2D eigenvalue weighted by atomic mass is 10.1. The fourth-order valence-corrected chi connectivity index (χ4v) is 2.06. The minimum Gasteiger partial charge on any atom is -0.366 e. The minimum absolute atomic E-state index is 0.296. The molecule has 2 heterocycles. The van der Waals surface area contributed by atoms with Gasteiger partial charge in [0, 0.05) is 18.8 Å². The van der Waals surface area contributed by atoms with E-state index in [1.807, 2.05) is 6.07 Å². The van der Waals surface area contributed by atoms with Gasteiger partial charge in [0.1, 0.15) is 5.82 Å². The summed E-state index contributed by atoms with van der Waals surface area (Å²) >= 11 is 5.72. The second-order valence-corrected chi connectivity index (χ2v) is 4.29. The van der Waals surface area contributed by atoms with E-state index in [4.69, 9.17) is 11.6 Å². The van der Waals surface area contributed by atoms with Crippen molar-refractivity contribution in [2.45, 2.75) is 18.9 Å². The normalized spacial score (nSPS) is 22.7. The highest BCUT2D eigenvalue weighted by Crippen LogP contribution is 2.14. The summed E-state index contributed by atoms with van der Waals surface area (Å²) in [5.74, 6) is 0.815. The van der Waals surface area contributed by atoms with Gasteiger partial charge in [-0.25, -0.2) is 9.97 Å². The van der Waals surface area contributed by atoms with Gasteiger partial charge in [-0.3, -0.25) is 0 Å². The van der Waals surface area contributed by atoms with Crippen LogP contribution in [0.2, 0.25) is 5.28 Å². The smallest absolute Gasteiger partial charge is 0.224 e. The fourth-order valence-electron chi connectivity index (χ4n) is 1.91. The number of hydrogen-bond donors (Lipinski definition) is 1. The summed E-state index contributed by atoms with van der Waals surface area (Å²) in [6.07, 6.45) is 4.09. The topological polar surface area (TPSA) is 41.0 Å². The van der Waals surface area contributed by atoms with Crippen LogP contribution < -0.4 is 5.32 Å². The number of nitrogens with one attached hydrogen (secondary N) is 1. The van der Waals surface area contributed by atoms with E-state index in [0.29, 0.717) is 11.3 Å². The number of aromatic nitrogens is 2. The van der Waals surface area contributed by atoms with Gasteiger partial charge in [0.05, 0.1) is 0 Å². The average molecular weight is 227 g/mol. The Bertz CT molecular complexity index is 331. The zero-order valence-corrected chi connectivity index (χ0v) is 9.54. The summed E-state index contributed by atoms with van der Waals surface area (Å²) in [6, 6.07) is 2.32. The fraction of sp³-hybridized carbons (Fsp3) is 0.600. The molecule has 0 radical (unpaired) electrons. The molecule has 82 valence electrons. The van der Waals surface area contributed by atoms with Crippen LogP contribution in [0.1, 0.15) is 12.8 Å². The first-order valence-electron chi connectivity index (χ1n) is 5.17. The van der Waals surface area contributed by atoms with Crippen molar-refractivity contribution in [3.8, 4) is 0 Å². The van der Waals surface area contributed by atoms with Crippen LogP contribution in [0.15, 0.2) is 12.3 Å². The number of hydrogen-bond acceptors (Lipinski definition) is 4. The van der Waals surface area contributed by atoms with Crippen LogP contribution in [0.5, 0.6) is 0 Å². The first-order chi connectivity index (χ1) is 7.24. The molecule has 1 fully saturated rings. The van der Waals surface area contributed by atoms with Gasteiger partial charge < -0.3 is 10.2 Å². The summed E-state index contributed by atoms with van der Waals surface area (Å²) in [5.41, 5.74) is 0. The third kappa shape index (κ3) is 3.04. The van der Waals surface area contributed by atoms with Crippen LogP contribution in [0.25, 0.3) is 0 Å². The molecular formula is C10H15ClN4. The van der Waals surface area contributed by atoms with Crippen molar-refractivity contribution in [1.82, 2.24) is 14.9 Å². The molecule has 1 unspecified atom stereocenters. The van der Waals surface area contributed by atoms with E-state index in [0.717, 1.165) is 12.4 Å². The van der Waals surface area contributed by atoms with Crippen molar-refractivity contribution < 1.29 is 0 Å². The Morgan fingerprint density at radius 2 is 2.47 bits per heavy atom. The maximum absolute atomic E-state index is 5.72. The van der Waals surface area contributed by atoms with Crippen molar-refractivity contribution in [1.29, 1.82) is 0 Å². The van der Waals surface area contributed by atoms with Gasteiger partial charge in [0.15, 0.2) is 0 Å². The van der Waals surface area contributed by atoms with E-state index in [9.17, 15) is 0 Å². The summed E-state index contributed by atoms with van der Waals surface area (Å²) in [5, 5.41) is 3.67. The standard InChI is InChI=1S/C10H15ClN4/c1-15-6-2-3-8(7-15)13-9-4-5-12-10(11)14-9/h4-5,8H,2-3,6-7H2,1H3,(H,12,13,14). The highest BCUT2D eigenvalue weighted by Gasteiger charge is 2.16. The number of rotatable bonds is 2. The molecule has 1 aromatic heterocycles. The number of halogens is 1. The first-order valence-corrected chi connectivity index (χ1v) is 5.55. The molecule has 1 aliphatic heterocycles. The molecular weight excluding hydrogens is 212 g/mol. The highest BCUT2D eigenvalue weighted by molar-refractivity contribution is 6.28. The van der Waals surface area contributed by atoms with Gasteiger partial charge in [-0.1, -0.05) is 0 Å². The number of likely N-dealkylation sites (tertiary alicyclic amines) is 1. The molecule has 5 heteroatoms. The highest BCUT2D eigenvalue weighted by atomic mass is 35.5. The molecule has 15 heavy (non-hydrogen) atoms. The van der Waals surface area contributed by atoms with Gasteiger partial charge in [-0.2, -0.15) is 0 Å². The second-order valence-electron chi connectivity index (χ2n) is 3.96. The summed E-state index contributed by atoms with van der Waals surface area (Å²) < 4.78 is 0. The predicted molar refractivity (Wildman–Crippen MR) is 61.2 cm³/mol. The molecule has 2 rings (SSSR count). The minimum atomic E-state index is 0.296. The van der Waals surface area contributed by atoms with Crippen molar-refractivity contribution in [3.63, 3.8) is 0 Å². The second kappa shape index (κ2) is 4.77. The van der Waals surface area contributed by atoms with Crippen LogP contribution in [-0.2, 0) is 0 Å². The Labute approximate surface area is 94.7 Å². The van der Waals surface area contributed by atoms with Crippen molar-refractivity contribution in [2.75, 3.05) is 25.5 Å². The van der Waals surface area contributed by atoms with E-state index < -0.39 is 0 Å². The Morgan fingerprint density at radius 3 is 3.20 bits per heavy atom. The largest absolute Gasteiger partial charge is 0.366 e. The molecule has 0 amide bonds. The molecule has 0 saturated carbocycles. The van der Waals surface area contributed by atoms with Crippen molar-refractivity contribution >= 4 is 17.4 Å². The van der Waals surface area contributed by atoms with Crippen molar-refractivity contribution in [3.05, 3.63) is 17.5 Å². The first kappa shape index (κ1) is 10.6. The molecule has 1 aliphatic rings. The molecule has 1 atom stereocenters. The monoisotopic (exact) mass is 226 g/mol. The van der Waals surface area contributed by atoms with E-state index in [-0.39, 0.29) is 0 Å². The van der Waals surface area contributed by atoms with Crippen LogP contribution in [0, 0.1) is 0 Å². The Kier molecular flexibility index (Phi) is 3.38. The van der Waals surface area contributed by atoms with Gasteiger partial charge in [-0.15, -0.1) is 0 Å². The average Bonchev–Trinajstić information content (AvgIpc) is 2.17. The molecule has 0 aliphatic carbocycles. The lowest BCUT2D eigenvalue weighted by molar-refractivity contribution is 0.261. The van der Waals surface area contributed by atoms with E-state index in [2.05, 4.69) is 27.2 Å². The van der Waals surface area contributed by atoms with E-state index in [1.165, 1.54) is 19.4 Å². The zero-order valence-electron chi connectivity index (χ0n) is 8.78. The molecule has 0 spiro atoms. The van der Waals surface area contributed by atoms with Crippen LogP contribution in [0.4, 0.5) is 5.82 Å². The lowest BCUT2D eigenvalue weighted by Gasteiger charge is -2.30. The van der Waals surface area contributed by atoms with Crippen LogP contribution in [-0.4, -0.2) is 41.0 Å². The maximum atomic E-state index is 5.72. The van der Waals surface area contributed by atoms with E-state index in [1.54, 1.807) is 6.20 Å². The van der Waals surface area contributed by atoms with Gasteiger partial charge in [0.25, 0.3) is 0 Å². The summed E-state index contributed by atoms with van der Waals surface area (Å²) in [7, 11) is 2.14. The molecule has 0 aromatic carbocycles. The maximum Gasteiger partial charge on any atom is 0.224 e. The Morgan fingerprint density at radius 1 is 1.60 bits per heavy atom. The summed E-state index contributed by atoms with van der Waals surface area (Å²) in [6.45, 7) is 2.24. The predicted octanol–water partition coefficient (Wildman–Crippen LogP) is 1.64. The number of nitrogens with zero attached hydrogens (tertiary/aromatic N) is 3. The van der Waals surface area contributed by atoms with Crippen LogP contribution in [0.3, 0.4) is 0 Å². The molecule has 0 bridgehead atoms. The molecule has 1 N–H and O–H groups in total. The third-order valence-electron chi connectivity index (χ3n) is 2.60. The number of likely N-dealkylation sites (N-methyl/N-ethyl adjacent to an activating group) is 1. The Hall–Kier alpha value is -0.870. The molecule has 4 nitrogen and oxygen atoms in total. The van der Waals surface area contributed by atoms with Gasteiger partial charge in [0.2, 0.25) is 5.28 Å². The summed E-state index contributed by atoms with van der Waals surface area (Å²) in [4.78, 5) is 10.3. The number of piperidine rings is 1. The van der Waals surface area contributed by atoms with Gasteiger partial charge in [-0.05, 0) is 44.1 Å². The Balaban J connectivity index is 1.96. The van der Waals surface area contributed by atoms with Crippen LogP contribution >= 0.6 is 11.6 Å².